The number of nitrogens with zero attached hydrogens (tertiary/aromatic N) is 1. The third kappa shape index (κ3) is 5.55. The molecule has 1 aliphatic rings. The molecule has 17 heavy (non-hydrogen) atoms. The van der Waals surface area contributed by atoms with Crippen molar-refractivity contribution < 1.29 is 18.7 Å². The molecule has 1 rings (SSSR count). The lowest BCUT2D eigenvalue weighted by Crippen LogP contribution is -2.37. The molecule has 0 aromatic carbocycles. The molecule has 0 radical (unpaired) electrons. The van der Waals surface area contributed by atoms with Crippen molar-refractivity contribution in [1.82, 2.24) is 4.90 Å². The zero-order chi connectivity index (χ0) is 12.7. The fraction of sp³-hybridized carbons (Fsp3) is 0.917. The predicted octanol–water partition coefficient (Wildman–Crippen LogP) is 1.70. The van der Waals surface area contributed by atoms with Gasteiger partial charge in [0.25, 0.3) is 6.43 Å². The molecule has 0 aromatic heterocycles. The number of carbonyl (C=O) groups excluding carboxylic acids is 1. The van der Waals surface area contributed by atoms with Crippen molar-refractivity contribution in [2.24, 2.45) is 5.92 Å². The van der Waals surface area contributed by atoms with Crippen molar-refractivity contribution >= 4 is 5.78 Å². The van der Waals surface area contributed by atoms with Gasteiger partial charge in [-0.3, -0.25) is 9.69 Å². The molecule has 0 aromatic rings. The van der Waals surface area contributed by atoms with E-state index in [4.69, 9.17) is 5.11 Å². The van der Waals surface area contributed by atoms with Crippen LogP contribution in [0.2, 0.25) is 0 Å². The molecule has 1 aliphatic carbocycles. The average Bonchev–Trinajstić information content (AvgIpc) is 2.44. The van der Waals surface area contributed by atoms with E-state index in [1.165, 1.54) is 4.90 Å². The number of hydrogen-bond donors (Lipinski definition) is 1. The van der Waals surface area contributed by atoms with Crippen LogP contribution in [0.5, 0.6) is 0 Å². The van der Waals surface area contributed by atoms with Gasteiger partial charge >= 0.3 is 0 Å². The van der Waals surface area contributed by atoms with E-state index >= 15 is 0 Å². The van der Waals surface area contributed by atoms with Gasteiger partial charge in [0.05, 0.1) is 13.2 Å². The van der Waals surface area contributed by atoms with Crippen LogP contribution in [-0.4, -0.2) is 48.5 Å². The first kappa shape index (κ1) is 14.5. The molecule has 1 atom stereocenters. The Kier molecular flexibility index (Phi) is 6.58. The molecule has 1 N–H and O–H groups in total. The maximum Gasteiger partial charge on any atom is 0.251 e. The van der Waals surface area contributed by atoms with Crippen molar-refractivity contribution in [2.75, 3.05) is 26.2 Å². The zero-order valence-corrected chi connectivity index (χ0v) is 10.1. The molecule has 0 spiro atoms. The first-order valence-electron chi connectivity index (χ1n) is 6.27. The highest BCUT2D eigenvalue weighted by atomic mass is 19.3. The first-order valence-corrected chi connectivity index (χ1v) is 6.27. The van der Waals surface area contributed by atoms with Crippen LogP contribution in [0.4, 0.5) is 8.78 Å². The third-order valence-corrected chi connectivity index (χ3v) is 3.22. The lowest BCUT2D eigenvalue weighted by molar-refractivity contribution is -0.123. The minimum atomic E-state index is -2.41. The number of aliphatic hydroxyl groups excluding tert-OH is 1. The minimum absolute atomic E-state index is 0.122. The van der Waals surface area contributed by atoms with Gasteiger partial charge in [-0.15, -0.1) is 0 Å². The first-order chi connectivity index (χ1) is 8.13. The van der Waals surface area contributed by atoms with Crippen LogP contribution < -0.4 is 0 Å². The van der Waals surface area contributed by atoms with Crippen molar-refractivity contribution in [3.63, 3.8) is 0 Å². The Hall–Kier alpha value is -0.550. The lowest BCUT2D eigenvalue weighted by Gasteiger charge is -2.25. The maximum absolute atomic E-state index is 12.3. The highest BCUT2D eigenvalue weighted by molar-refractivity contribution is 5.81. The predicted molar refractivity (Wildman–Crippen MR) is 61.1 cm³/mol. The second kappa shape index (κ2) is 7.71. The van der Waals surface area contributed by atoms with E-state index in [1.54, 1.807) is 0 Å². The van der Waals surface area contributed by atoms with Crippen LogP contribution in [0.15, 0.2) is 0 Å². The molecule has 1 unspecified atom stereocenters. The number of ketones is 1. The summed E-state index contributed by atoms with van der Waals surface area (Å²) in [7, 11) is 0. The summed E-state index contributed by atoms with van der Waals surface area (Å²) in [4.78, 5) is 13.3. The highest BCUT2D eigenvalue weighted by Crippen LogP contribution is 2.21. The van der Waals surface area contributed by atoms with E-state index in [0.717, 1.165) is 25.7 Å². The van der Waals surface area contributed by atoms with Crippen LogP contribution in [0.3, 0.4) is 0 Å². The number of hydrogen-bond acceptors (Lipinski definition) is 3. The Bertz CT molecular complexity index is 237. The molecule has 1 fully saturated rings. The molecular formula is C12H21F2NO2. The quantitative estimate of drug-likeness (QED) is 0.728. The third-order valence-electron chi connectivity index (χ3n) is 3.22. The smallest absolute Gasteiger partial charge is 0.251 e. The summed E-state index contributed by atoms with van der Waals surface area (Å²) in [5.41, 5.74) is 0. The van der Waals surface area contributed by atoms with E-state index in [1.807, 2.05) is 0 Å². The number of alkyl halides is 2. The van der Waals surface area contributed by atoms with Gasteiger partial charge in [-0.2, -0.15) is 0 Å². The zero-order valence-electron chi connectivity index (χ0n) is 10.1. The lowest BCUT2D eigenvalue weighted by atomic mass is 9.98. The van der Waals surface area contributed by atoms with Crippen molar-refractivity contribution in [2.45, 2.75) is 38.5 Å². The summed E-state index contributed by atoms with van der Waals surface area (Å²) in [6.45, 7) is 0.0792. The Morgan fingerprint density at radius 1 is 1.35 bits per heavy atom. The number of Topliss-reactive ketones (excluding diaryl/α,β-unsaturated/α-hetero) is 1. The second-order valence-electron chi connectivity index (χ2n) is 4.64. The van der Waals surface area contributed by atoms with E-state index < -0.39 is 6.43 Å². The summed E-state index contributed by atoms with van der Waals surface area (Å²) in [5.74, 6) is 0.0718. The van der Waals surface area contributed by atoms with Gasteiger partial charge in [0.2, 0.25) is 0 Å². The maximum atomic E-state index is 12.3. The van der Waals surface area contributed by atoms with Crippen LogP contribution >= 0.6 is 0 Å². The average molecular weight is 249 g/mol. The fourth-order valence-corrected chi connectivity index (χ4v) is 2.33. The van der Waals surface area contributed by atoms with Gasteiger partial charge in [0.1, 0.15) is 5.78 Å². The Balaban J connectivity index is 2.48. The monoisotopic (exact) mass is 249 g/mol. The normalized spacial score (nSPS) is 22.2. The number of rotatable bonds is 6. The summed E-state index contributed by atoms with van der Waals surface area (Å²) in [6, 6.07) is 0. The molecule has 0 amide bonds. The summed E-state index contributed by atoms with van der Waals surface area (Å²) in [6.07, 6.45) is 1.93. The second-order valence-corrected chi connectivity index (χ2v) is 4.64. The summed E-state index contributed by atoms with van der Waals surface area (Å²) >= 11 is 0. The summed E-state index contributed by atoms with van der Waals surface area (Å²) < 4.78 is 24.7. The molecule has 5 heteroatoms. The van der Waals surface area contributed by atoms with Crippen LogP contribution in [0.25, 0.3) is 0 Å². The molecule has 0 bridgehead atoms. The summed E-state index contributed by atoms with van der Waals surface area (Å²) in [5, 5.41) is 8.83. The number of aliphatic hydroxyl groups is 1. The molecule has 0 aliphatic heterocycles. The fourth-order valence-electron chi connectivity index (χ4n) is 2.33. The standard InChI is InChI=1S/C12H21F2NO2/c13-12(14)9-15(6-7-16)8-10-4-2-1-3-5-11(10)17/h10,12,16H,1-9H2. The van der Waals surface area contributed by atoms with E-state index in [0.29, 0.717) is 13.0 Å². The van der Waals surface area contributed by atoms with Gasteiger partial charge < -0.3 is 5.11 Å². The molecular weight excluding hydrogens is 228 g/mol. The number of carbonyl (C=O) groups is 1. The molecule has 0 saturated heterocycles. The van der Waals surface area contributed by atoms with Gasteiger partial charge in [-0.25, -0.2) is 8.78 Å². The Morgan fingerprint density at radius 3 is 2.76 bits per heavy atom. The van der Waals surface area contributed by atoms with Crippen LogP contribution in [0.1, 0.15) is 32.1 Å². The van der Waals surface area contributed by atoms with Gasteiger partial charge in [0.15, 0.2) is 0 Å². The largest absolute Gasteiger partial charge is 0.395 e. The van der Waals surface area contributed by atoms with Crippen LogP contribution in [-0.2, 0) is 4.79 Å². The van der Waals surface area contributed by atoms with Gasteiger partial charge in [-0.1, -0.05) is 12.8 Å². The van der Waals surface area contributed by atoms with Crippen molar-refractivity contribution in [3.8, 4) is 0 Å². The molecule has 1 saturated carbocycles. The van der Waals surface area contributed by atoms with Crippen molar-refractivity contribution in [1.29, 1.82) is 0 Å². The Morgan fingerprint density at radius 2 is 2.12 bits per heavy atom. The molecule has 3 nitrogen and oxygen atoms in total. The van der Waals surface area contributed by atoms with E-state index in [2.05, 4.69) is 0 Å². The van der Waals surface area contributed by atoms with Gasteiger partial charge in [0, 0.05) is 25.4 Å². The topological polar surface area (TPSA) is 40.5 Å². The molecule has 0 heterocycles. The van der Waals surface area contributed by atoms with Crippen LogP contribution in [0, 0.1) is 5.92 Å². The van der Waals surface area contributed by atoms with Crippen molar-refractivity contribution in [3.05, 3.63) is 0 Å². The SMILES string of the molecule is O=C1CCCCCC1CN(CCO)CC(F)F. The van der Waals surface area contributed by atoms with E-state index in [9.17, 15) is 13.6 Å². The van der Waals surface area contributed by atoms with Gasteiger partial charge in [-0.05, 0) is 12.8 Å². The highest BCUT2D eigenvalue weighted by Gasteiger charge is 2.24. The van der Waals surface area contributed by atoms with E-state index in [-0.39, 0.29) is 31.4 Å². The number of halogens is 2. The Labute approximate surface area is 101 Å². The molecule has 100 valence electrons. The minimum Gasteiger partial charge on any atom is -0.395 e.